The number of benzene rings is 1. The molecule has 8 nitrogen and oxygen atoms in total. The van der Waals surface area contributed by atoms with Gasteiger partial charge in [0.25, 0.3) is 0 Å². The number of H-pyrrole nitrogens is 1. The molecule has 2 N–H and O–H groups in total. The monoisotopic (exact) mass is 364 g/mol. The minimum atomic E-state index is -0.0905. The number of fused-ring (bicyclic) bond motifs is 2. The van der Waals surface area contributed by atoms with Crippen LogP contribution in [-0.4, -0.2) is 36.8 Å². The van der Waals surface area contributed by atoms with Crippen LogP contribution in [0.5, 0.6) is 5.88 Å². The number of aromatic nitrogens is 5. The molecule has 0 aliphatic heterocycles. The van der Waals surface area contributed by atoms with E-state index in [2.05, 4.69) is 25.6 Å². The number of hydrogen-bond donors (Lipinski definition) is 2. The van der Waals surface area contributed by atoms with E-state index in [4.69, 9.17) is 4.74 Å². The van der Waals surface area contributed by atoms with Crippen LogP contribution >= 0.6 is 0 Å². The van der Waals surface area contributed by atoms with Crippen molar-refractivity contribution in [2.45, 2.75) is 32.8 Å². The number of aromatic amines is 1. The first-order valence-corrected chi connectivity index (χ1v) is 8.83. The lowest BCUT2D eigenvalue weighted by atomic mass is 10.2. The fourth-order valence-electron chi connectivity index (χ4n) is 2.85. The number of anilines is 1. The van der Waals surface area contributed by atoms with Gasteiger partial charge in [0.05, 0.1) is 6.10 Å². The van der Waals surface area contributed by atoms with Gasteiger partial charge in [-0.3, -0.25) is 4.79 Å². The highest BCUT2D eigenvalue weighted by Crippen LogP contribution is 2.18. The molecule has 0 atom stereocenters. The zero-order valence-electron chi connectivity index (χ0n) is 15.1. The highest BCUT2D eigenvalue weighted by atomic mass is 16.5. The van der Waals surface area contributed by atoms with Gasteiger partial charge in [-0.05, 0) is 43.5 Å². The Kier molecular flexibility index (Phi) is 4.45. The Morgan fingerprint density at radius 1 is 1.22 bits per heavy atom. The molecule has 8 heteroatoms. The fourth-order valence-corrected chi connectivity index (χ4v) is 2.85. The van der Waals surface area contributed by atoms with Crippen LogP contribution in [0, 0.1) is 0 Å². The Morgan fingerprint density at radius 2 is 2.11 bits per heavy atom. The summed E-state index contributed by atoms with van der Waals surface area (Å²) in [6.45, 7) is 3.88. The first-order chi connectivity index (χ1) is 13.1. The third-order valence-electron chi connectivity index (χ3n) is 4.07. The van der Waals surface area contributed by atoms with Crippen LogP contribution < -0.4 is 10.1 Å². The van der Waals surface area contributed by atoms with Gasteiger partial charge in [0, 0.05) is 36.3 Å². The maximum atomic E-state index is 12.3. The average Bonchev–Trinajstić information content (AvgIpc) is 3.25. The summed E-state index contributed by atoms with van der Waals surface area (Å²) in [7, 11) is 0. The van der Waals surface area contributed by atoms with Gasteiger partial charge in [-0.15, -0.1) is 15.3 Å². The van der Waals surface area contributed by atoms with Gasteiger partial charge in [-0.1, -0.05) is 6.07 Å². The molecule has 0 unspecified atom stereocenters. The summed E-state index contributed by atoms with van der Waals surface area (Å²) in [6.07, 6.45) is 2.60. The predicted octanol–water partition coefficient (Wildman–Crippen LogP) is 2.96. The van der Waals surface area contributed by atoms with Crippen molar-refractivity contribution in [1.82, 2.24) is 24.8 Å². The Balaban J connectivity index is 1.43. The molecule has 0 aliphatic rings. The smallest absolute Gasteiger partial charge is 0.232 e. The highest BCUT2D eigenvalue weighted by Gasteiger charge is 2.11. The van der Waals surface area contributed by atoms with Crippen molar-refractivity contribution in [3.05, 3.63) is 48.4 Å². The molecule has 0 spiro atoms. The molecule has 3 aromatic heterocycles. The van der Waals surface area contributed by atoms with Crippen LogP contribution in [0.2, 0.25) is 0 Å². The number of carbonyl (C=O) groups excluding carboxylic acids is 1. The standard InChI is InChI=1S/C19H20N6O2/c1-12(2)27-19-8-6-17-23-22-16(25(17)24-19)5-7-18(26)21-14-4-3-13-9-10-20-15(13)11-14/h3-4,6,8-12,20H,5,7H2,1-2H3,(H,21,26). The van der Waals surface area contributed by atoms with Crippen LogP contribution in [0.4, 0.5) is 5.69 Å². The first kappa shape index (κ1) is 17.0. The first-order valence-electron chi connectivity index (χ1n) is 8.83. The largest absolute Gasteiger partial charge is 0.474 e. The van der Waals surface area contributed by atoms with Gasteiger partial charge < -0.3 is 15.0 Å². The maximum Gasteiger partial charge on any atom is 0.232 e. The SMILES string of the molecule is CC(C)Oc1ccc2nnc(CCC(=O)Nc3ccc4cc[nH]c4c3)n2n1. The van der Waals surface area contributed by atoms with E-state index in [0.29, 0.717) is 23.8 Å². The molecule has 27 heavy (non-hydrogen) atoms. The molecule has 0 saturated heterocycles. The van der Waals surface area contributed by atoms with Gasteiger partial charge in [0.1, 0.15) is 0 Å². The van der Waals surface area contributed by atoms with E-state index in [1.54, 1.807) is 16.6 Å². The summed E-state index contributed by atoms with van der Waals surface area (Å²) >= 11 is 0. The summed E-state index contributed by atoms with van der Waals surface area (Å²) in [4.78, 5) is 15.4. The van der Waals surface area contributed by atoms with Crippen molar-refractivity contribution in [2.24, 2.45) is 0 Å². The summed E-state index contributed by atoms with van der Waals surface area (Å²) in [5, 5.41) is 16.6. The molecule has 4 rings (SSSR count). The molecule has 0 saturated carbocycles. The van der Waals surface area contributed by atoms with Crippen LogP contribution in [0.15, 0.2) is 42.6 Å². The topological polar surface area (TPSA) is 97.2 Å². The van der Waals surface area contributed by atoms with Crippen LogP contribution in [-0.2, 0) is 11.2 Å². The molecule has 0 fully saturated rings. The number of carbonyl (C=O) groups is 1. The molecule has 0 aliphatic carbocycles. The zero-order valence-corrected chi connectivity index (χ0v) is 15.1. The van der Waals surface area contributed by atoms with Crippen molar-refractivity contribution in [3.63, 3.8) is 0 Å². The summed E-state index contributed by atoms with van der Waals surface area (Å²) in [5.41, 5.74) is 2.36. The molecular weight excluding hydrogens is 344 g/mol. The van der Waals surface area contributed by atoms with E-state index in [0.717, 1.165) is 16.6 Å². The lowest BCUT2D eigenvalue weighted by Crippen LogP contribution is -2.14. The zero-order chi connectivity index (χ0) is 18.8. The van der Waals surface area contributed by atoms with Crippen molar-refractivity contribution >= 4 is 28.1 Å². The quantitative estimate of drug-likeness (QED) is 0.548. The van der Waals surface area contributed by atoms with Crippen LogP contribution in [0.3, 0.4) is 0 Å². The summed E-state index contributed by atoms with van der Waals surface area (Å²) in [6, 6.07) is 11.3. The van der Waals surface area contributed by atoms with E-state index in [-0.39, 0.29) is 18.4 Å². The Bertz CT molecular complexity index is 1100. The molecule has 4 aromatic rings. The second kappa shape index (κ2) is 7.06. The van der Waals surface area contributed by atoms with Crippen LogP contribution in [0.1, 0.15) is 26.1 Å². The summed E-state index contributed by atoms with van der Waals surface area (Å²) < 4.78 is 7.23. The van der Waals surface area contributed by atoms with Gasteiger partial charge in [0.15, 0.2) is 11.5 Å². The predicted molar refractivity (Wildman–Crippen MR) is 102 cm³/mol. The number of nitrogens with zero attached hydrogens (tertiary/aromatic N) is 4. The van der Waals surface area contributed by atoms with Crippen molar-refractivity contribution < 1.29 is 9.53 Å². The average molecular weight is 364 g/mol. The van der Waals surface area contributed by atoms with Crippen molar-refractivity contribution in [2.75, 3.05) is 5.32 Å². The Labute approximate surface area is 155 Å². The lowest BCUT2D eigenvalue weighted by molar-refractivity contribution is -0.116. The van der Waals surface area contributed by atoms with E-state index in [9.17, 15) is 4.79 Å². The Hall–Kier alpha value is -3.42. The molecule has 138 valence electrons. The van der Waals surface area contributed by atoms with E-state index in [1.165, 1.54) is 0 Å². The minimum Gasteiger partial charge on any atom is -0.474 e. The second-order valence-corrected chi connectivity index (χ2v) is 6.55. The third-order valence-corrected chi connectivity index (χ3v) is 4.07. The lowest BCUT2D eigenvalue weighted by Gasteiger charge is -2.08. The third kappa shape index (κ3) is 3.74. The molecule has 1 amide bonds. The van der Waals surface area contributed by atoms with E-state index < -0.39 is 0 Å². The van der Waals surface area contributed by atoms with Gasteiger partial charge >= 0.3 is 0 Å². The molecule has 0 radical (unpaired) electrons. The number of hydrogen-bond acceptors (Lipinski definition) is 5. The van der Waals surface area contributed by atoms with Crippen LogP contribution in [0.25, 0.3) is 16.6 Å². The summed E-state index contributed by atoms with van der Waals surface area (Å²) in [5.74, 6) is 1.03. The molecule has 0 bridgehead atoms. The fraction of sp³-hybridized carbons (Fsp3) is 0.263. The number of ether oxygens (including phenoxy) is 1. The van der Waals surface area contributed by atoms with E-state index in [1.807, 2.05) is 44.3 Å². The minimum absolute atomic E-state index is 0.0256. The van der Waals surface area contributed by atoms with Gasteiger partial charge in [-0.2, -0.15) is 4.52 Å². The molecule has 3 heterocycles. The van der Waals surface area contributed by atoms with Gasteiger partial charge in [0.2, 0.25) is 11.8 Å². The normalized spacial score (nSPS) is 11.4. The number of rotatable bonds is 6. The maximum absolute atomic E-state index is 12.3. The van der Waals surface area contributed by atoms with E-state index >= 15 is 0 Å². The highest BCUT2D eigenvalue weighted by molar-refractivity contribution is 5.93. The number of aryl methyl sites for hydroxylation is 1. The molecule has 1 aromatic carbocycles. The number of nitrogens with one attached hydrogen (secondary N) is 2. The van der Waals surface area contributed by atoms with Crippen molar-refractivity contribution in [1.29, 1.82) is 0 Å². The Morgan fingerprint density at radius 3 is 2.96 bits per heavy atom. The van der Waals surface area contributed by atoms with Crippen molar-refractivity contribution in [3.8, 4) is 5.88 Å². The molecular formula is C19H20N6O2. The second-order valence-electron chi connectivity index (χ2n) is 6.55. The van der Waals surface area contributed by atoms with Gasteiger partial charge in [-0.25, -0.2) is 0 Å². The number of amides is 1.